The van der Waals surface area contributed by atoms with Crippen LogP contribution < -0.4 is 0 Å². The zero-order chi connectivity index (χ0) is 7.52. The molecule has 4 heteroatoms. The summed E-state index contributed by atoms with van der Waals surface area (Å²) < 4.78 is 1.60. The topological polar surface area (TPSA) is 43.6 Å². The van der Waals surface area contributed by atoms with E-state index in [1.807, 2.05) is 12.1 Å². The van der Waals surface area contributed by atoms with Crippen LogP contribution in [-0.2, 0) is 0 Å². The van der Waals surface area contributed by atoms with Gasteiger partial charge in [-0.05, 0) is 12.1 Å². The van der Waals surface area contributed by atoms with Crippen LogP contribution in [0.3, 0.4) is 0 Å². The molecule has 53 valence electrons. The van der Waals surface area contributed by atoms with Gasteiger partial charge in [-0.15, -0.1) is 5.10 Å². The molecule has 0 atom stereocenters. The maximum Gasteiger partial charge on any atom is 0.175 e. The van der Waals surface area contributed by atoms with Crippen molar-refractivity contribution >= 4 is 0 Å². The van der Waals surface area contributed by atoms with Crippen LogP contribution in [0.2, 0.25) is 0 Å². The summed E-state index contributed by atoms with van der Waals surface area (Å²) in [6.45, 7) is 0. The number of hydrogen-bond donors (Lipinski definition) is 0. The molecule has 0 amide bonds. The van der Waals surface area contributed by atoms with Crippen molar-refractivity contribution < 1.29 is 0 Å². The maximum absolute atomic E-state index is 3.95. The van der Waals surface area contributed by atoms with Gasteiger partial charge in [0.05, 0.1) is 6.20 Å². The Bertz CT molecular complexity index is 313. The maximum atomic E-state index is 3.95. The van der Waals surface area contributed by atoms with Gasteiger partial charge in [0.2, 0.25) is 0 Å². The molecule has 2 heterocycles. The van der Waals surface area contributed by atoms with Crippen LogP contribution in [-0.4, -0.2) is 20.0 Å². The molecular weight excluding hydrogens is 140 g/mol. The summed E-state index contributed by atoms with van der Waals surface area (Å²) in [6, 6.07) is 6.45. The van der Waals surface area contributed by atoms with Crippen molar-refractivity contribution in [1.82, 2.24) is 20.0 Å². The van der Waals surface area contributed by atoms with Gasteiger partial charge in [0.1, 0.15) is 0 Å². The Kier molecular flexibility index (Phi) is 1.37. The van der Waals surface area contributed by atoms with E-state index in [4.69, 9.17) is 0 Å². The Morgan fingerprint density at radius 1 is 1.45 bits per heavy atom. The van der Waals surface area contributed by atoms with Crippen LogP contribution >= 0.6 is 0 Å². The predicted molar refractivity (Wildman–Crippen MR) is 38.0 cm³/mol. The summed E-state index contributed by atoms with van der Waals surface area (Å²) in [6.07, 6.45) is 4.90. The predicted octanol–water partition coefficient (Wildman–Crippen LogP) is 0.462. The highest BCUT2D eigenvalue weighted by Gasteiger charge is 1.93. The van der Waals surface area contributed by atoms with Gasteiger partial charge in [0.15, 0.2) is 5.82 Å². The molecule has 4 nitrogen and oxygen atoms in total. The third kappa shape index (κ3) is 1.10. The van der Waals surface area contributed by atoms with Gasteiger partial charge >= 0.3 is 0 Å². The normalized spacial score (nSPS) is 9.82. The van der Waals surface area contributed by atoms with Crippen LogP contribution in [0.25, 0.3) is 5.82 Å². The van der Waals surface area contributed by atoms with Crippen molar-refractivity contribution in [2.75, 3.05) is 0 Å². The van der Waals surface area contributed by atoms with Gasteiger partial charge in [-0.3, -0.25) is 0 Å². The molecule has 11 heavy (non-hydrogen) atoms. The van der Waals surface area contributed by atoms with Crippen LogP contribution in [0.15, 0.2) is 30.7 Å². The molecule has 0 saturated heterocycles. The first-order valence-corrected chi connectivity index (χ1v) is 3.15. The van der Waals surface area contributed by atoms with E-state index in [9.17, 15) is 0 Å². The van der Waals surface area contributed by atoms with Gasteiger partial charge in [-0.2, -0.15) is 10.2 Å². The number of aromatic nitrogens is 4. The number of nitrogens with zero attached hydrogens (tertiary/aromatic N) is 4. The van der Waals surface area contributed by atoms with E-state index in [2.05, 4.69) is 21.4 Å². The third-order valence-electron chi connectivity index (χ3n) is 1.25. The summed E-state index contributed by atoms with van der Waals surface area (Å²) in [7, 11) is 0. The third-order valence-corrected chi connectivity index (χ3v) is 1.25. The van der Waals surface area contributed by atoms with Crippen LogP contribution in [0, 0.1) is 6.07 Å². The highest BCUT2D eigenvalue weighted by atomic mass is 15.3. The molecule has 0 spiro atoms. The Balaban J connectivity index is 2.46. The van der Waals surface area contributed by atoms with Crippen LogP contribution in [0.1, 0.15) is 0 Å². The fourth-order valence-corrected chi connectivity index (χ4v) is 0.774. The number of rotatable bonds is 1. The molecule has 1 radical (unpaired) electrons. The van der Waals surface area contributed by atoms with E-state index in [-0.39, 0.29) is 0 Å². The Morgan fingerprint density at radius 3 is 3.09 bits per heavy atom. The molecule has 2 rings (SSSR count). The minimum atomic E-state index is 0.703. The second-order valence-corrected chi connectivity index (χ2v) is 1.97. The van der Waals surface area contributed by atoms with E-state index >= 15 is 0 Å². The van der Waals surface area contributed by atoms with Gasteiger partial charge in [-0.25, -0.2) is 4.68 Å². The molecule has 0 bridgehead atoms. The Hall–Kier alpha value is -1.71. The van der Waals surface area contributed by atoms with Crippen molar-refractivity contribution in [2.45, 2.75) is 0 Å². The smallest absolute Gasteiger partial charge is 0.175 e. The zero-order valence-corrected chi connectivity index (χ0v) is 5.68. The van der Waals surface area contributed by atoms with Crippen molar-refractivity contribution in [1.29, 1.82) is 0 Å². The molecule has 0 aliphatic heterocycles. The molecule has 2 aromatic heterocycles. The number of hydrogen-bond acceptors (Lipinski definition) is 3. The summed E-state index contributed by atoms with van der Waals surface area (Å²) in [5.74, 6) is 0.703. The van der Waals surface area contributed by atoms with E-state index in [1.54, 1.807) is 23.3 Å². The lowest BCUT2D eigenvalue weighted by Gasteiger charge is -1.95. The molecular formula is C7H5N4. The lowest BCUT2D eigenvalue weighted by atomic mass is 10.5. The Labute approximate surface area is 63.5 Å². The summed E-state index contributed by atoms with van der Waals surface area (Å²) in [5.41, 5.74) is 0. The highest BCUT2D eigenvalue weighted by Crippen LogP contribution is 1.96. The van der Waals surface area contributed by atoms with Crippen molar-refractivity contribution in [2.24, 2.45) is 0 Å². The lowest BCUT2D eigenvalue weighted by Crippen LogP contribution is -1.97. The average Bonchev–Trinajstić information content (AvgIpc) is 2.58. The average molecular weight is 145 g/mol. The molecule has 0 fully saturated rings. The molecule has 2 aromatic rings. The Morgan fingerprint density at radius 2 is 2.45 bits per heavy atom. The lowest BCUT2D eigenvalue weighted by molar-refractivity contribution is 0.814. The molecule has 0 aliphatic rings. The zero-order valence-electron chi connectivity index (χ0n) is 5.68. The monoisotopic (exact) mass is 145 g/mol. The van der Waals surface area contributed by atoms with Crippen molar-refractivity contribution in [3.63, 3.8) is 0 Å². The van der Waals surface area contributed by atoms with E-state index in [0.717, 1.165) is 0 Å². The highest BCUT2D eigenvalue weighted by molar-refractivity contribution is 5.16. The first kappa shape index (κ1) is 6.03. The summed E-state index contributed by atoms with van der Waals surface area (Å²) >= 11 is 0. The summed E-state index contributed by atoms with van der Waals surface area (Å²) in [5, 5.41) is 11.5. The first-order valence-electron chi connectivity index (χ1n) is 3.15. The second kappa shape index (κ2) is 2.49. The quantitative estimate of drug-likeness (QED) is 0.585. The van der Waals surface area contributed by atoms with E-state index < -0.39 is 0 Å². The van der Waals surface area contributed by atoms with Crippen LogP contribution in [0.5, 0.6) is 0 Å². The standard InChI is InChI=1S/C7H5N4/c1-3-7(10-8-4-1)11-6-2-5-9-11/h1,3-6H. The van der Waals surface area contributed by atoms with Crippen molar-refractivity contribution in [3.05, 3.63) is 36.8 Å². The molecule has 0 unspecified atom stereocenters. The van der Waals surface area contributed by atoms with Gasteiger partial charge in [0.25, 0.3) is 0 Å². The van der Waals surface area contributed by atoms with Gasteiger partial charge in [-0.1, -0.05) is 0 Å². The largest absolute Gasteiger partial charge is 0.220 e. The van der Waals surface area contributed by atoms with Crippen LogP contribution in [0.4, 0.5) is 0 Å². The fraction of sp³-hybridized carbons (Fsp3) is 0. The van der Waals surface area contributed by atoms with Gasteiger partial charge in [0, 0.05) is 18.5 Å². The SMILES string of the molecule is [c]1cnn(-c2cccnn2)c1. The first-order chi connectivity index (χ1) is 5.47. The van der Waals surface area contributed by atoms with Crippen molar-refractivity contribution in [3.8, 4) is 5.82 Å². The molecule has 0 N–H and O–H groups in total. The molecule has 0 aliphatic carbocycles. The summed E-state index contributed by atoms with van der Waals surface area (Å²) in [4.78, 5) is 0. The molecule has 0 saturated carbocycles. The van der Waals surface area contributed by atoms with E-state index in [0.29, 0.717) is 5.82 Å². The fourth-order valence-electron chi connectivity index (χ4n) is 0.774. The second-order valence-electron chi connectivity index (χ2n) is 1.97. The molecule has 0 aromatic carbocycles. The van der Waals surface area contributed by atoms with E-state index in [1.165, 1.54) is 0 Å². The minimum absolute atomic E-state index is 0.703. The minimum Gasteiger partial charge on any atom is -0.220 e. The van der Waals surface area contributed by atoms with Gasteiger partial charge < -0.3 is 0 Å².